The Kier molecular flexibility index (Phi) is 8.07. The van der Waals surface area contributed by atoms with Gasteiger partial charge in [-0.3, -0.25) is 9.69 Å². The van der Waals surface area contributed by atoms with Crippen LogP contribution in [0.15, 0.2) is 35.7 Å². The van der Waals surface area contributed by atoms with Gasteiger partial charge in [0.1, 0.15) is 12.4 Å². The molecule has 1 aromatic heterocycles. The third-order valence-electron chi connectivity index (χ3n) is 6.00. The van der Waals surface area contributed by atoms with Crippen molar-refractivity contribution in [1.29, 1.82) is 0 Å². The average molecular weight is 479 g/mol. The second-order valence-electron chi connectivity index (χ2n) is 8.39. The van der Waals surface area contributed by atoms with Gasteiger partial charge >= 0.3 is 0 Å². The van der Waals surface area contributed by atoms with Crippen molar-refractivity contribution in [1.82, 2.24) is 9.80 Å². The number of halogens is 1. The number of carbonyl (C=O) groups excluding carboxylic acids is 1. The summed E-state index contributed by atoms with van der Waals surface area (Å²) < 4.78 is 11.4. The minimum atomic E-state index is -0.586. The van der Waals surface area contributed by atoms with Crippen molar-refractivity contribution in [2.45, 2.75) is 44.4 Å². The van der Waals surface area contributed by atoms with Crippen LogP contribution in [0.2, 0.25) is 5.02 Å². The van der Waals surface area contributed by atoms with E-state index >= 15 is 0 Å². The van der Waals surface area contributed by atoms with Crippen molar-refractivity contribution in [3.63, 3.8) is 0 Å². The summed E-state index contributed by atoms with van der Waals surface area (Å²) in [6.07, 6.45) is 2.43. The molecule has 1 aliphatic carbocycles. The minimum absolute atomic E-state index is 0.0852. The number of ether oxygens (including phenoxy) is 2. The Hall–Kier alpha value is -1.64. The lowest BCUT2D eigenvalue weighted by molar-refractivity contribution is -0.136. The Balaban J connectivity index is 1.43. The van der Waals surface area contributed by atoms with E-state index in [0.717, 1.165) is 25.0 Å². The molecular weight excluding hydrogens is 448 g/mol. The summed E-state index contributed by atoms with van der Waals surface area (Å²) in [6.45, 7) is 4.63. The standard InChI is InChI=1S/C24H31ClN2O4S/c1-2-30-15-19(28)13-26(18-5-6-18)14-24(29)27-11-9-23-21(10-12-32-23)22(27)16-31-20-7-3-17(25)4-8-20/h3-4,7-8,10,12,18-19,22,28H,2,5-6,9,11,13-16H2,1H3/t19-,22-/m0/s1. The lowest BCUT2D eigenvalue weighted by Gasteiger charge is -2.37. The van der Waals surface area contributed by atoms with Crippen LogP contribution >= 0.6 is 22.9 Å². The molecule has 0 saturated heterocycles. The van der Waals surface area contributed by atoms with Crippen LogP contribution < -0.4 is 4.74 Å². The van der Waals surface area contributed by atoms with Gasteiger partial charge in [0.2, 0.25) is 5.91 Å². The van der Waals surface area contributed by atoms with Crippen molar-refractivity contribution in [2.24, 2.45) is 0 Å². The Morgan fingerprint density at radius 1 is 1.31 bits per heavy atom. The predicted octanol–water partition coefficient (Wildman–Crippen LogP) is 3.77. The number of amides is 1. The van der Waals surface area contributed by atoms with Crippen LogP contribution in [-0.2, 0) is 16.0 Å². The van der Waals surface area contributed by atoms with E-state index in [1.807, 2.05) is 24.0 Å². The fraction of sp³-hybridized carbons (Fsp3) is 0.542. The summed E-state index contributed by atoms with van der Waals surface area (Å²) in [6, 6.07) is 9.67. The van der Waals surface area contributed by atoms with E-state index in [1.54, 1.807) is 23.5 Å². The number of thiophene rings is 1. The molecule has 8 heteroatoms. The van der Waals surface area contributed by atoms with E-state index in [2.05, 4.69) is 16.3 Å². The lowest BCUT2D eigenvalue weighted by Crippen LogP contribution is -2.48. The molecule has 174 valence electrons. The lowest BCUT2D eigenvalue weighted by atomic mass is 10.0. The van der Waals surface area contributed by atoms with Gasteiger partial charge in [-0.1, -0.05) is 11.6 Å². The molecule has 6 nitrogen and oxygen atoms in total. The highest BCUT2D eigenvalue weighted by molar-refractivity contribution is 7.10. The number of aliphatic hydroxyl groups excluding tert-OH is 1. The highest BCUT2D eigenvalue weighted by Gasteiger charge is 2.36. The van der Waals surface area contributed by atoms with E-state index in [-0.39, 0.29) is 11.9 Å². The number of benzene rings is 1. The molecule has 0 unspecified atom stereocenters. The first-order valence-corrected chi connectivity index (χ1v) is 12.5. The highest BCUT2D eigenvalue weighted by Crippen LogP contribution is 2.35. The fourth-order valence-corrected chi connectivity index (χ4v) is 5.26. The number of fused-ring (bicyclic) bond motifs is 1. The molecule has 1 aromatic carbocycles. The Morgan fingerprint density at radius 3 is 2.81 bits per heavy atom. The number of hydrogen-bond donors (Lipinski definition) is 1. The molecule has 0 spiro atoms. The molecular formula is C24H31ClN2O4S. The SMILES string of the molecule is CCOC[C@@H](O)CN(CC(=O)N1CCc2sccc2[C@@H]1COc1ccc(Cl)cc1)C1CC1. The number of hydrogen-bond acceptors (Lipinski definition) is 6. The average Bonchev–Trinajstić information content (AvgIpc) is 3.53. The molecule has 2 atom stereocenters. The van der Waals surface area contributed by atoms with Crippen LogP contribution in [0.4, 0.5) is 0 Å². The van der Waals surface area contributed by atoms with E-state index in [9.17, 15) is 9.90 Å². The maximum Gasteiger partial charge on any atom is 0.237 e. The zero-order valence-electron chi connectivity index (χ0n) is 18.4. The van der Waals surface area contributed by atoms with Gasteiger partial charge in [-0.05, 0) is 67.5 Å². The highest BCUT2D eigenvalue weighted by atomic mass is 35.5. The Bertz CT molecular complexity index is 886. The number of rotatable bonds is 11. The number of aliphatic hydroxyl groups is 1. The van der Waals surface area contributed by atoms with Gasteiger partial charge in [0.25, 0.3) is 0 Å². The normalized spacial score (nSPS) is 19.1. The zero-order chi connectivity index (χ0) is 22.5. The molecule has 32 heavy (non-hydrogen) atoms. The summed E-state index contributed by atoms with van der Waals surface area (Å²) >= 11 is 7.73. The van der Waals surface area contributed by atoms with Crippen LogP contribution in [0.3, 0.4) is 0 Å². The van der Waals surface area contributed by atoms with Crippen LogP contribution in [0.1, 0.15) is 36.2 Å². The van der Waals surface area contributed by atoms with Gasteiger partial charge in [-0.2, -0.15) is 0 Å². The third kappa shape index (κ3) is 6.02. The topological polar surface area (TPSA) is 62.2 Å². The molecule has 0 bridgehead atoms. The van der Waals surface area contributed by atoms with Crippen molar-refractivity contribution >= 4 is 28.8 Å². The maximum atomic E-state index is 13.4. The Morgan fingerprint density at radius 2 is 2.09 bits per heavy atom. The Labute approximate surface area is 198 Å². The summed E-state index contributed by atoms with van der Waals surface area (Å²) in [5.74, 6) is 0.824. The molecule has 2 aliphatic rings. The van der Waals surface area contributed by atoms with E-state index in [4.69, 9.17) is 21.1 Å². The molecule has 1 amide bonds. The smallest absolute Gasteiger partial charge is 0.237 e. The van der Waals surface area contributed by atoms with Gasteiger partial charge in [-0.15, -0.1) is 11.3 Å². The second-order valence-corrected chi connectivity index (χ2v) is 9.83. The van der Waals surface area contributed by atoms with Gasteiger partial charge in [-0.25, -0.2) is 0 Å². The molecule has 1 fully saturated rings. The molecule has 2 heterocycles. The summed E-state index contributed by atoms with van der Waals surface area (Å²) in [7, 11) is 0. The second kappa shape index (κ2) is 11.0. The van der Waals surface area contributed by atoms with E-state index < -0.39 is 6.10 Å². The quantitative estimate of drug-likeness (QED) is 0.532. The number of carbonyl (C=O) groups is 1. The first-order chi connectivity index (χ1) is 15.5. The van der Waals surface area contributed by atoms with Crippen molar-refractivity contribution < 1.29 is 19.4 Å². The molecule has 1 N–H and O–H groups in total. The van der Waals surface area contributed by atoms with Crippen LogP contribution in [0, 0.1) is 0 Å². The summed E-state index contributed by atoms with van der Waals surface area (Å²) in [5.41, 5.74) is 1.18. The number of nitrogens with zero attached hydrogens (tertiary/aromatic N) is 2. The molecule has 1 saturated carbocycles. The van der Waals surface area contributed by atoms with Crippen molar-refractivity contribution in [3.05, 3.63) is 51.2 Å². The van der Waals surface area contributed by atoms with E-state index in [0.29, 0.717) is 50.5 Å². The van der Waals surface area contributed by atoms with Crippen LogP contribution in [0.5, 0.6) is 5.75 Å². The van der Waals surface area contributed by atoms with Crippen LogP contribution in [0.25, 0.3) is 0 Å². The van der Waals surface area contributed by atoms with Crippen molar-refractivity contribution in [3.8, 4) is 5.75 Å². The first-order valence-electron chi connectivity index (χ1n) is 11.3. The van der Waals surface area contributed by atoms with Gasteiger partial charge < -0.3 is 19.5 Å². The molecule has 1 aliphatic heterocycles. The summed E-state index contributed by atoms with van der Waals surface area (Å²) in [5, 5.41) is 13.1. The largest absolute Gasteiger partial charge is 0.491 e. The predicted molar refractivity (Wildman–Crippen MR) is 127 cm³/mol. The fourth-order valence-electron chi connectivity index (χ4n) is 4.20. The minimum Gasteiger partial charge on any atom is -0.491 e. The third-order valence-corrected chi connectivity index (χ3v) is 7.25. The zero-order valence-corrected chi connectivity index (χ0v) is 20.0. The van der Waals surface area contributed by atoms with E-state index in [1.165, 1.54) is 10.4 Å². The molecule has 0 radical (unpaired) electrons. The first kappa shape index (κ1) is 23.5. The molecule has 2 aromatic rings. The monoisotopic (exact) mass is 478 g/mol. The summed E-state index contributed by atoms with van der Waals surface area (Å²) in [4.78, 5) is 18.8. The maximum absolute atomic E-state index is 13.4. The van der Waals surface area contributed by atoms with Gasteiger partial charge in [0.15, 0.2) is 0 Å². The van der Waals surface area contributed by atoms with Gasteiger partial charge in [0, 0.05) is 35.6 Å². The van der Waals surface area contributed by atoms with Crippen LogP contribution in [-0.4, -0.2) is 72.4 Å². The molecule has 4 rings (SSSR count). The van der Waals surface area contributed by atoms with Gasteiger partial charge in [0.05, 0.1) is 25.3 Å². The van der Waals surface area contributed by atoms with Crippen molar-refractivity contribution in [2.75, 3.05) is 39.5 Å².